The van der Waals surface area contributed by atoms with E-state index in [1.54, 1.807) is 24.3 Å². The molecule has 0 amide bonds. The van der Waals surface area contributed by atoms with Gasteiger partial charge >= 0.3 is 0 Å². The van der Waals surface area contributed by atoms with E-state index < -0.39 is 6.10 Å². The van der Waals surface area contributed by atoms with Crippen LogP contribution in [-0.4, -0.2) is 66.1 Å². The summed E-state index contributed by atoms with van der Waals surface area (Å²) in [6, 6.07) is 15.0. The van der Waals surface area contributed by atoms with E-state index in [0.717, 1.165) is 37.7 Å². The molecule has 0 aromatic heterocycles. The van der Waals surface area contributed by atoms with Gasteiger partial charge in [0.25, 0.3) is 0 Å². The zero-order chi connectivity index (χ0) is 19.9. The first-order chi connectivity index (χ1) is 13.5. The topological polar surface area (TPSA) is 53.0 Å². The number of rotatable bonds is 8. The van der Waals surface area contributed by atoms with Crippen molar-refractivity contribution >= 4 is 17.4 Å². The van der Waals surface area contributed by atoms with Crippen LogP contribution in [0, 0.1) is 0 Å². The van der Waals surface area contributed by atoms with Crippen LogP contribution in [0.1, 0.15) is 22.8 Å². The fourth-order valence-electron chi connectivity index (χ4n) is 3.31. The van der Waals surface area contributed by atoms with Gasteiger partial charge in [-0.05, 0) is 48.9 Å². The van der Waals surface area contributed by atoms with Crippen LogP contribution in [0.25, 0.3) is 0 Å². The molecule has 28 heavy (non-hydrogen) atoms. The Morgan fingerprint density at radius 3 is 2.25 bits per heavy atom. The van der Waals surface area contributed by atoms with Crippen LogP contribution in [0.15, 0.2) is 48.5 Å². The number of ether oxygens (including phenoxy) is 1. The van der Waals surface area contributed by atoms with E-state index in [-0.39, 0.29) is 12.4 Å². The first-order valence-electron chi connectivity index (χ1n) is 9.60. The summed E-state index contributed by atoms with van der Waals surface area (Å²) in [7, 11) is 0. The summed E-state index contributed by atoms with van der Waals surface area (Å²) in [5, 5.41) is 11.0. The molecule has 3 rings (SSSR count). The Hall–Kier alpha value is -1.92. The van der Waals surface area contributed by atoms with Gasteiger partial charge in [0.05, 0.1) is 0 Å². The minimum atomic E-state index is -0.546. The van der Waals surface area contributed by atoms with Crippen LogP contribution in [0.5, 0.6) is 5.75 Å². The predicted octanol–water partition coefficient (Wildman–Crippen LogP) is 3.10. The van der Waals surface area contributed by atoms with Gasteiger partial charge in [0.15, 0.2) is 5.78 Å². The molecule has 1 heterocycles. The maximum absolute atomic E-state index is 11.3. The Kier molecular flexibility index (Phi) is 7.45. The number of aliphatic hydroxyl groups excluding tert-OH is 1. The number of hydrogen-bond acceptors (Lipinski definition) is 5. The second-order valence-electron chi connectivity index (χ2n) is 7.25. The Bertz CT molecular complexity index is 756. The minimum absolute atomic E-state index is 0.0294. The number of carbonyl (C=O) groups is 1. The molecular weight excluding hydrogens is 376 g/mol. The molecule has 1 fully saturated rings. The van der Waals surface area contributed by atoms with Gasteiger partial charge < -0.3 is 9.84 Å². The van der Waals surface area contributed by atoms with Gasteiger partial charge in [-0.25, -0.2) is 0 Å². The molecular formula is C22H27ClN2O3. The molecule has 150 valence electrons. The molecule has 2 aromatic carbocycles. The molecule has 6 heteroatoms. The van der Waals surface area contributed by atoms with Gasteiger partial charge in [0, 0.05) is 49.9 Å². The molecule has 0 radical (unpaired) electrons. The lowest BCUT2D eigenvalue weighted by Gasteiger charge is -2.35. The molecule has 1 aliphatic heterocycles. The predicted molar refractivity (Wildman–Crippen MR) is 111 cm³/mol. The summed E-state index contributed by atoms with van der Waals surface area (Å²) in [5.41, 5.74) is 1.92. The highest BCUT2D eigenvalue weighted by Gasteiger charge is 2.19. The Morgan fingerprint density at radius 2 is 1.64 bits per heavy atom. The van der Waals surface area contributed by atoms with Crippen molar-refractivity contribution in [3.63, 3.8) is 0 Å². The number of aliphatic hydroxyl groups is 1. The maximum Gasteiger partial charge on any atom is 0.159 e. The second kappa shape index (κ2) is 10.0. The lowest BCUT2D eigenvalue weighted by molar-refractivity contribution is 0.0446. The molecule has 1 saturated heterocycles. The van der Waals surface area contributed by atoms with Crippen molar-refractivity contribution in [1.29, 1.82) is 0 Å². The van der Waals surface area contributed by atoms with E-state index >= 15 is 0 Å². The third-order valence-corrected chi connectivity index (χ3v) is 5.21. The average Bonchev–Trinajstić information content (AvgIpc) is 2.70. The molecule has 0 unspecified atom stereocenters. The van der Waals surface area contributed by atoms with Crippen molar-refractivity contribution in [2.75, 3.05) is 39.3 Å². The summed E-state index contributed by atoms with van der Waals surface area (Å²) >= 11 is 5.94. The molecule has 1 N–H and O–H groups in total. The average molecular weight is 403 g/mol. The number of nitrogens with zero attached hydrogens (tertiary/aromatic N) is 2. The minimum Gasteiger partial charge on any atom is -0.491 e. The third-order valence-electron chi connectivity index (χ3n) is 4.96. The SMILES string of the molecule is CC(=O)c1ccc(OC[C@H](O)CN2CCN(Cc3ccc(Cl)cc3)CC2)cc1. The van der Waals surface area contributed by atoms with Crippen molar-refractivity contribution in [3.8, 4) is 5.75 Å². The lowest BCUT2D eigenvalue weighted by atomic mass is 10.1. The van der Waals surface area contributed by atoms with Gasteiger partial charge in [-0.15, -0.1) is 0 Å². The number of halogens is 1. The smallest absolute Gasteiger partial charge is 0.159 e. The Labute approximate surface area is 171 Å². The number of carbonyl (C=O) groups excluding carboxylic acids is 1. The number of benzene rings is 2. The van der Waals surface area contributed by atoms with Gasteiger partial charge in [-0.3, -0.25) is 14.6 Å². The van der Waals surface area contributed by atoms with Crippen LogP contribution in [-0.2, 0) is 6.54 Å². The highest BCUT2D eigenvalue weighted by molar-refractivity contribution is 6.30. The van der Waals surface area contributed by atoms with Crippen molar-refractivity contribution in [2.24, 2.45) is 0 Å². The van der Waals surface area contributed by atoms with Crippen molar-refractivity contribution in [3.05, 3.63) is 64.7 Å². The lowest BCUT2D eigenvalue weighted by Crippen LogP contribution is -2.48. The van der Waals surface area contributed by atoms with E-state index in [0.29, 0.717) is 17.9 Å². The first kappa shape index (κ1) is 20.8. The number of ketones is 1. The zero-order valence-corrected chi connectivity index (χ0v) is 16.9. The van der Waals surface area contributed by atoms with Crippen LogP contribution in [0.2, 0.25) is 5.02 Å². The number of Topliss-reactive ketones (excluding diaryl/α,β-unsaturated/α-hetero) is 1. The van der Waals surface area contributed by atoms with E-state index in [1.165, 1.54) is 12.5 Å². The molecule has 0 spiro atoms. The second-order valence-corrected chi connectivity index (χ2v) is 7.69. The molecule has 0 bridgehead atoms. The van der Waals surface area contributed by atoms with Gasteiger partial charge in [-0.2, -0.15) is 0 Å². The Morgan fingerprint density at radius 1 is 1.04 bits per heavy atom. The van der Waals surface area contributed by atoms with Gasteiger partial charge in [0.2, 0.25) is 0 Å². The monoisotopic (exact) mass is 402 g/mol. The van der Waals surface area contributed by atoms with Crippen LogP contribution < -0.4 is 4.74 Å². The van der Waals surface area contributed by atoms with E-state index in [2.05, 4.69) is 21.9 Å². The third kappa shape index (κ3) is 6.31. The summed E-state index contributed by atoms with van der Waals surface area (Å²) in [4.78, 5) is 16.0. The van der Waals surface area contributed by atoms with Crippen molar-refractivity contribution in [1.82, 2.24) is 9.80 Å². The Balaban J connectivity index is 1.36. The quantitative estimate of drug-likeness (QED) is 0.687. The van der Waals surface area contributed by atoms with Crippen LogP contribution in [0.3, 0.4) is 0 Å². The molecule has 1 aliphatic rings. The highest BCUT2D eigenvalue weighted by atomic mass is 35.5. The highest BCUT2D eigenvalue weighted by Crippen LogP contribution is 2.14. The maximum atomic E-state index is 11.3. The summed E-state index contributed by atoms with van der Waals surface area (Å²) in [5.74, 6) is 0.693. The molecule has 1 atom stereocenters. The zero-order valence-electron chi connectivity index (χ0n) is 16.2. The molecule has 0 saturated carbocycles. The molecule has 2 aromatic rings. The normalized spacial score (nSPS) is 16.7. The van der Waals surface area contributed by atoms with Gasteiger partial charge in [-0.1, -0.05) is 23.7 Å². The summed E-state index contributed by atoms with van der Waals surface area (Å²) in [6.07, 6.45) is -0.546. The standard InChI is InChI=1S/C22H27ClN2O3/c1-17(26)19-4-8-22(9-5-19)28-16-21(27)15-25-12-10-24(11-13-25)14-18-2-6-20(23)7-3-18/h2-9,21,27H,10-16H2,1H3/t21-/m1/s1. The van der Waals surface area contributed by atoms with Gasteiger partial charge in [0.1, 0.15) is 18.5 Å². The molecule has 5 nitrogen and oxygen atoms in total. The molecule has 0 aliphatic carbocycles. The number of hydrogen-bond donors (Lipinski definition) is 1. The van der Waals surface area contributed by atoms with Crippen LogP contribution >= 0.6 is 11.6 Å². The van der Waals surface area contributed by atoms with Crippen molar-refractivity contribution < 1.29 is 14.6 Å². The summed E-state index contributed by atoms with van der Waals surface area (Å²) < 4.78 is 5.64. The fourth-order valence-corrected chi connectivity index (χ4v) is 3.43. The largest absolute Gasteiger partial charge is 0.491 e. The van der Waals surface area contributed by atoms with Crippen LogP contribution in [0.4, 0.5) is 0 Å². The number of β-amino-alcohol motifs (C(OH)–C–C–N with tert-alkyl or cyclic N) is 1. The first-order valence-corrected chi connectivity index (χ1v) is 9.98. The number of piperazine rings is 1. The fraction of sp³-hybridized carbons (Fsp3) is 0.409. The van der Waals surface area contributed by atoms with E-state index in [9.17, 15) is 9.90 Å². The van der Waals surface area contributed by atoms with E-state index in [1.807, 2.05) is 12.1 Å². The van der Waals surface area contributed by atoms with E-state index in [4.69, 9.17) is 16.3 Å². The summed E-state index contributed by atoms with van der Waals surface area (Å²) in [6.45, 7) is 7.10. The van der Waals surface area contributed by atoms with Crippen molar-refractivity contribution in [2.45, 2.75) is 19.6 Å².